The third-order valence-electron chi connectivity index (χ3n) is 4.68. The van der Waals surface area contributed by atoms with Crippen molar-refractivity contribution in [1.82, 2.24) is 10.2 Å². The number of methoxy groups -OCH3 is 1. The zero-order valence-electron chi connectivity index (χ0n) is 14.7. The summed E-state index contributed by atoms with van der Waals surface area (Å²) in [7, 11) is 1.64. The minimum atomic E-state index is -0.0413. The van der Waals surface area contributed by atoms with E-state index in [9.17, 15) is 4.79 Å². The lowest BCUT2D eigenvalue weighted by Crippen LogP contribution is -2.15. The maximum Gasteiger partial charge on any atom is 0.226 e. The first kappa shape index (κ1) is 17.5. The van der Waals surface area contributed by atoms with Gasteiger partial charge in [0, 0.05) is 37.3 Å². The number of carbonyl (C=O) groups is 1. The number of hydrogen-bond acceptors (Lipinski definition) is 4. The van der Waals surface area contributed by atoms with Crippen LogP contribution in [0.3, 0.4) is 0 Å². The number of aromatic amines is 1. The van der Waals surface area contributed by atoms with Crippen molar-refractivity contribution in [1.29, 1.82) is 0 Å². The van der Waals surface area contributed by atoms with Crippen molar-refractivity contribution in [3.05, 3.63) is 41.6 Å². The molecule has 1 atom stereocenters. The number of nitrogens with one attached hydrogen (secondary N) is 2. The molecule has 0 saturated carbocycles. The van der Waals surface area contributed by atoms with E-state index >= 15 is 0 Å². The number of hydrogen-bond donors (Lipinski definition) is 2. The number of nitrogens with zero attached hydrogens (tertiary/aromatic N) is 1. The lowest BCUT2D eigenvalue weighted by molar-refractivity contribution is -0.116. The third-order valence-corrected chi connectivity index (χ3v) is 4.68. The van der Waals surface area contributed by atoms with Crippen LogP contribution in [0.5, 0.6) is 5.75 Å². The first-order chi connectivity index (χ1) is 12.2. The highest BCUT2D eigenvalue weighted by molar-refractivity contribution is 5.90. The summed E-state index contributed by atoms with van der Waals surface area (Å²) in [6.07, 6.45) is 2.37. The Morgan fingerprint density at radius 3 is 2.96 bits per heavy atom. The molecule has 1 aromatic carbocycles. The van der Waals surface area contributed by atoms with Crippen LogP contribution in [0, 0.1) is 0 Å². The summed E-state index contributed by atoms with van der Waals surface area (Å²) in [6.45, 7) is 3.60. The fraction of sp³-hybridized carbons (Fsp3) is 0.474. The number of rotatable bonds is 6. The van der Waals surface area contributed by atoms with Crippen molar-refractivity contribution >= 4 is 11.7 Å². The van der Waals surface area contributed by atoms with Gasteiger partial charge in [-0.15, -0.1) is 0 Å². The summed E-state index contributed by atoms with van der Waals surface area (Å²) < 4.78 is 10.6. The van der Waals surface area contributed by atoms with E-state index < -0.39 is 0 Å². The fourth-order valence-corrected chi connectivity index (χ4v) is 3.16. The minimum absolute atomic E-state index is 0.0413. The number of H-pyrrole nitrogens is 1. The van der Waals surface area contributed by atoms with Crippen molar-refractivity contribution in [3.63, 3.8) is 0 Å². The van der Waals surface area contributed by atoms with Gasteiger partial charge >= 0.3 is 0 Å². The van der Waals surface area contributed by atoms with Gasteiger partial charge in [-0.05, 0) is 36.5 Å². The second-order valence-electron chi connectivity index (χ2n) is 6.53. The highest BCUT2D eigenvalue weighted by Crippen LogP contribution is 2.27. The van der Waals surface area contributed by atoms with E-state index in [-0.39, 0.29) is 11.8 Å². The van der Waals surface area contributed by atoms with Gasteiger partial charge in [-0.2, -0.15) is 5.10 Å². The van der Waals surface area contributed by atoms with Crippen LogP contribution in [0.15, 0.2) is 30.3 Å². The van der Waals surface area contributed by atoms with Crippen molar-refractivity contribution < 1.29 is 14.3 Å². The monoisotopic (exact) mass is 343 g/mol. The van der Waals surface area contributed by atoms with Crippen LogP contribution in [0.4, 0.5) is 5.82 Å². The molecule has 6 nitrogen and oxygen atoms in total. The van der Waals surface area contributed by atoms with Gasteiger partial charge in [0.1, 0.15) is 5.75 Å². The maximum absolute atomic E-state index is 12.3. The van der Waals surface area contributed by atoms with Crippen LogP contribution in [-0.4, -0.2) is 36.4 Å². The van der Waals surface area contributed by atoms with Gasteiger partial charge in [-0.3, -0.25) is 9.89 Å². The molecule has 6 heteroatoms. The Kier molecular flexibility index (Phi) is 5.71. The van der Waals surface area contributed by atoms with Gasteiger partial charge in [-0.1, -0.05) is 19.1 Å². The Labute approximate surface area is 147 Å². The Morgan fingerprint density at radius 1 is 1.40 bits per heavy atom. The molecule has 1 fully saturated rings. The van der Waals surface area contributed by atoms with Crippen molar-refractivity contribution in [3.8, 4) is 5.75 Å². The van der Waals surface area contributed by atoms with E-state index in [1.54, 1.807) is 7.11 Å². The van der Waals surface area contributed by atoms with Gasteiger partial charge < -0.3 is 14.8 Å². The Morgan fingerprint density at radius 2 is 2.20 bits per heavy atom. The first-order valence-electron chi connectivity index (χ1n) is 8.72. The van der Waals surface area contributed by atoms with Gasteiger partial charge in [0.15, 0.2) is 5.82 Å². The zero-order chi connectivity index (χ0) is 17.6. The largest absolute Gasteiger partial charge is 0.497 e. The molecule has 0 bridgehead atoms. The maximum atomic E-state index is 12.3. The molecule has 134 valence electrons. The fourth-order valence-electron chi connectivity index (χ4n) is 3.16. The average Bonchev–Trinajstić information content (AvgIpc) is 3.10. The minimum Gasteiger partial charge on any atom is -0.497 e. The van der Waals surface area contributed by atoms with E-state index in [2.05, 4.69) is 15.5 Å². The lowest BCUT2D eigenvalue weighted by Gasteiger charge is -2.20. The van der Waals surface area contributed by atoms with Crippen molar-refractivity contribution in [2.75, 3.05) is 25.6 Å². The summed E-state index contributed by atoms with van der Waals surface area (Å²) in [5.41, 5.74) is 2.15. The molecule has 1 amide bonds. The van der Waals surface area contributed by atoms with Crippen molar-refractivity contribution in [2.24, 2.45) is 0 Å². The first-order valence-corrected chi connectivity index (χ1v) is 8.72. The standard InChI is InChI=1S/C19H25N3O3/c1-13(15-4-3-5-16(11-15)24-2)10-19(23)20-18-12-17(21-22-18)14-6-8-25-9-7-14/h3-5,11-14H,6-10H2,1-2H3,(H2,20,21,22,23)/t13-/m0/s1. The molecule has 0 unspecified atom stereocenters. The van der Waals surface area contributed by atoms with Gasteiger partial charge in [0.05, 0.1) is 7.11 Å². The Balaban J connectivity index is 1.56. The smallest absolute Gasteiger partial charge is 0.226 e. The number of ether oxygens (including phenoxy) is 2. The molecular formula is C19H25N3O3. The van der Waals surface area contributed by atoms with Crippen LogP contribution in [-0.2, 0) is 9.53 Å². The summed E-state index contributed by atoms with van der Waals surface area (Å²) in [6, 6.07) is 9.76. The van der Waals surface area contributed by atoms with Crippen LogP contribution >= 0.6 is 0 Å². The van der Waals surface area contributed by atoms with E-state index in [1.807, 2.05) is 37.3 Å². The lowest BCUT2D eigenvalue weighted by atomic mass is 9.96. The molecule has 0 spiro atoms. The molecular weight excluding hydrogens is 318 g/mol. The average molecular weight is 343 g/mol. The molecule has 2 N–H and O–H groups in total. The second kappa shape index (κ2) is 8.16. The highest BCUT2D eigenvalue weighted by atomic mass is 16.5. The molecule has 25 heavy (non-hydrogen) atoms. The number of benzene rings is 1. The normalized spacial score (nSPS) is 16.4. The molecule has 1 saturated heterocycles. The summed E-state index contributed by atoms with van der Waals surface area (Å²) >= 11 is 0. The molecule has 0 radical (unpaired) electrons. The molecule has 2 heterocycles. The topological polar surface area (TPSA) is 76.2 Å². The van der Waals surface area contributed by atoms with Crippen LogP contribution in [0.25, 0.3) is 0 Å². The Hall–Kier alpha value is -2.34. The van der Waals surface area contributed by atoms with E-state index in [1.165, 1.54) is 0 Å². The summed E-state index contributed by atoms with van der Waals surface area (Å²) in [4.78, 5) is 12.3. The van der Waals surface area contributed by atoms with Crippen LogP contribution in [0.1, 0.15) is 49.3 Å². The predicted octanol–water partition coefficient (Wildman–Crippen LogP) is 3.44. The number of aromatic nitrogens is 2. The molecule has 1 aliphatic heterocycles. The van der Waals surface area contributed by atoms with Gasteiger partial charge in [0.2, 0.25) is 5.91 Å². The quantitative estimate of drug-likeness (QED) is 0.842. The SMILES string of the molecule is COc1cccc([C@@H](C)CC(=O)Nc2cc(C3CCOCC3)[nH]n2)c1. The Bertz CT molecular complexity index is 707. The zero-order valence-corrected chi connectivity index (χ0v) is 14.7. The van der Waals surface area contributed by atoms with Crippen LogP contribution < -0.4 is 10.1 Å². The third kappa shape index (κ3) is 4.60. The van der Waals surface area contributed by atoms with Gasteiger partial charge in [0.25, 0.3) is 0 Å². The number of anilines is 1. The summed E-state index contributed by atoms with van der Waals surface area (Å²) in [5, 5.41) is 10.2. The van der Waals surface area contributed by atoms with E-state index in [0.717, 1.165) is 43.1 Å². The highest BCUT2D eigenvalue weighted by Gasteiger charge is 2.19. The molecule has 1 aliphatic rings. The van der Waals surface area contributed by atoms with Crippen molar-refractivity contribution in [2.45, 2.75) is 38.0 Å². The predicted molar refractivity (Wildman–Crippen MR) is 96.0 cm³/mol. The van der Waals surface area contributed by atoms with E-state index in [4.69, 9.17) is 9.47 Å². The van der Waals surface area contributed by atoms with E-state index in [0.29, 0.717) is 18.2 Å². The van der Waals surface area contributed by atoms with Gasteiger partial charge in [-0.25, -0.2) is 0 Å². The second-order valence-corrected chi connectivity index (χ2v) is 6.53. The summed E-state index contributed by atoms with van der Waals surface area (Å²) in [5.74, 6) is 1.88. The molecule has 3 rings (SSSR count). The molecule has 0 aliphatic carbocycles. The number of carbonyl (C=O) groups excluding carboxylic acids is 1. The molecule has 1 aromatic heterocycles. The molecule has 2 aromatic rings. The number of amides is 1. The van der Waals surface area contributed by atoms with Crippen LogP contribution in [0.2, 0.25) is 0 Å².